The summed E-state index contributed by atoms with van der Waals surface area (Å²) in [6.07, 6.45) is 3.78. The number of unbranched alkanes of at least 4 members (excludes halogenated alkanes) is 2. The zero-order valence-electron chi connectivity index (χ0n) is 17.9. The van der Waals surface area contributed by atoms with Gasteiger partial charge in [-0.1, -0.05) is 13.8 Å². The molecular formula is C23H30Br4N2O2. The lowest BCUT2D eigenvalue weighted by molar-refractivity contribution is 0.304. The molecule has 0 saturated heterocycles. The van der Waals surface area contributed by atoms with Gasteiger partial charge in [-0.15, -0.1) is 0 Å². The maximum Gasteiger partial charge on any atom is 0.147 e. The van der Waals surface area contributed by atoms with E-state index < -0.39 is 0 Å². The largest absolute Gasteiger partial charge is 0.491 e. The standard InChI is InChI=1S/C23H30Br4N2O2/c1-23(2,15-11-17(24)21(18(25)12-15)30-9-5-3-7-28)16-13-19(26)22(20(27)14-16)31-10-6-4-8-29/h11-14H,3-10,28-29H2,1-2H3. The molecule has 4 N–H and O–H groups in total. The van der Waals surface area contributed by atoms with Crippen LogP contribution in [0.25, 0.3) is 0 Å². The summed E-state index contributed by atoms with van der Waals surface area (Å²) in [4.78, 5) is 0. The number of halogens is 4. The van der Waals surface area contributed by atoms with Gasteiger partial charge in [0.15, 0.2) is 0 Å². The topological polar surface area (TPSA) is 70.5 Å². The molecule has 0 aliphatic carbocycles. The van der Waals surface area contributed by atoms with Crippen LogP contribution in [0.4, 0.5) is 0 Å². The predicted molar refractivity (Wildman–Crippen MR) is 143 cm³/mol. The van der Waals surface area contributed by atoms with E-state index in [-0.39, 0.29) is 5.41 Å². The van der Waals surface area contributed by atoms with Crippen LogP contribution < -0.4 is 20.9 Å². The molecule has 0 fully saturated rings. The Morgan fingerprint density at radius 1 is 0.645 bits per heavy atom. The molecular weight excluding hydrogens is 656 g/mol. The Morgan fingerprint density at radius 3 is 1.26 bits per heavy atom. The van der Waals surface area contributed by atoms with Crippen molar-refractivity contribution in [2.45, 2.75) is 44.9 Å². The van der Waals surface area contributed by atoms with Gasteiger partial charge in [-0.2, -0.15) is 0 Å². The quantitative estimate of drug-likeness (QED) is 0.230. The van der Waals surface area contributed by atoms with E-state index >= 15 is 0 Å². The molecule has 172 valence electrons. The van der Waals surface area contributed by atoms with Crippen LogP contribution in [0.2, 0.25) is 0 Å². The van der Waals surface area contributed by atoms with Gasteiger partial charge in [-0.05, 0) is 138 Å². The van der Waals surface area contributed by atoms with E-state index in [9.17, 15) is 0 Å². The third-order valence-electron chi connectivity index (χ3n) is 5.13. The van der Waals surface area contributed by atoms with Crippen molar-refractivity contribution in [1.82, 2.24) is 0 Å². The van der Waals surface area contributed by atoms with Gasteiger partial charge in [0.1, 0.15) is 11.5 Å². The molecule has 4 nitrogen and oxygen atoms in total. The van der Waals surface area contributed by atoms with Crippen molar-refractivity contribution in [3.05, 3.63) is 53.3 Å². The van der Waals surface area contributed by atoms with Crippen molar-refractivity contribution in [1.29, 1.82) is 0 Å². The Morgan fingerprint density at radius 2 is 0.968 bits per heavy atom. The van der Waals surface area contributed by atoms with Crippen molar-refractivity contribution in [2.24, 2.45) is 11.5 Å². The van der Waals surface area contributed by atoms with Gasteiger partial charge in [-0.3, -0.25) is 0 Å². The Hall–Kier alpha value is -0.120. The average molecular weight is 686 g/mol. The molecule has 0 aliphatic rings. The molecule has 0 spiro atoms. The fourth-order valence-electron chi connectivity index (χ4n) is 3.13. The zero-order valence-corrected chi connectivity index (χ0v) is 24.3. The van der Waals surface area contributed by atoms with Crippen LogP contribution >= 0.6 is 63.7 Å². The molecule has 0 aromatic heterocycles. The number of hydrogen-bond acceptors (Lipinski definition) is 4. The Labute approximate surface area is 219 Å². The second kappa shape index (κ2) is 12.9. The van der Waals surface area contributed by atoms with Gasteiger partial charge in [0, 0.05) is 5.41 Å². The summed E-state index contributed by atoms with van der Waals surface area (Å²) in [5, 5.41) is 0. The fourth-order valence-corrected chi connectivity index (χ4v) is 5.96. The first-order valence-corrected chi connectivity index (χ1v) is 13.5. The highest BCUT2D eigenvalue weighted by atomic mass is 79.9. The van der Waals surface area contributed by atoms with E-state index in [1.807, 2.05) is 0 Å². The molecule has 0 saturated carbocycles. The first-order valence-electron chi connectivity index (χ1n) is 10.4. The monoisotopic (exact) mass is 682 g/mol. The van der Waals surface area contributed by atoms with Crippen LogP contribution in [-0.4, -0.2) is 26.3 Å². The number of ether oxygens (including phenoxy) is 2. The molecule has 0 heterocycles. The normalized spacial score (nSPS) is 11.6. The lowest BCUT2D eigenvalue weighted by Gasteiger charge is -2.28. The SMILES string of the molecule is CC(C)(c1cc(Br)c(OCCCCN)c(Br)c1)c1cc(Br)c(OCCCCN)c(Br)c1. The minimum absolute atomic E-state index is 0.244. The van der Waals surface area contributed by atoms with Crippen molar-refractivity contribution in [3.63, 3.8) is 0 Å². The van der Waals surface area contributed by atoms with E-state index in [0.717, 1.165) is 66.2 Å². The number of benzene rings is 2. The average Bonchev–Trinajstić information content (AvgIpc) is 2.71. The Kier molecular flexibility index (Phi) is 11.3. The zero-order chi connectivity index (χ0) is 23.0. The third kappa shape index (κ3) is 7.44. The smallest absolute Gasteiger partial charge is 0.147 e. The van der Waals surface area contributed by atoms with Crippen LogP contribution in [0.15, 0.2) is 42.2 Å². The molecule has 0 bridgehead atoms. The van der Waals surface area contributed by atoms with E-state index in [2.05, 4.69) is 102 Å². The first-order chi connectivity index (χ1) is 14.7. The van der Waals surface area contributed by atoms with Crippen LogP contribution in [0, 0.1) is 0 Å². The lowest BCUT2D eigenvalue weighted by atomic mass is 9.78. The van der Waals surface area contributed by atoms with E-state index in [1.165, 1.54) is 0 Å². The van der Waals surface area contributed by atoms with Gasteiger partial charge in [0.2, 0.25) is 0 Å². The maximum absolute atomic E-state index is 5.96. The van der Waals surface area contributed by atoms with E-state index in [4.69, 9.17) is 20.9 Å². The highest BCUT2D eigenvalue weighted by molar-refractivity contribution is 9.11. The predicted octanol–water partition coefficient (Wildman–Crippen LogP) is 7.30. The molecule has 0 unspecified atom stereocenters. The molecule has 0 amide bonds. The third-order valence-corrected chi connectivity index (χ3v) is 7.49. The van der Waals surface area contributed by atoms with Crippen LogP contribution in [0.5, 0.6) is 11.5 Å². The molecule has 0 atom stereocenters. The van der Waals surface area contributed by atoms with E-state index in [1.54, 1.807) is 0 Å². The summed E-state index contributed by atoms with van der Waals surface area (Å²) in [5.41, 5.74) is 13.2. The summed E-state index contributed by atoms with van der Waals surface area (Å²) >= 11 is 14.7. The Balaban J connectivity index is 2.26. The van der Waals surface area contributed by atoms with Crippen molar-refractivity contribution < 1.29 is 9.47 Å². The minimum Gasteiger partial charge on any atom is -0.491 e. The van der Waals surface area contributed by atoms with Gasteiger partial charge in [0.25, 0.3) is 0 Å². The summed E-state index contributed by atoms with van der Waals surface area (Å²) in [6, 6.07) is 8.51. The van der Waals surface area contributed by atoms with Crippen LogP contribution in [0.1, 0.15) is 50.7 Å². The summed E-state index contributed by atoms with van der Waals surface area (Å²) in [5.74, 6) is 1.64. The minimum atomic E-state index is -0.244. The fraction of sp³-hybridized carbons (Fsp3) is 0.478. The van der Waals surface area contributed by atoms with Crippen LogP contribution in [-0.2, 0) is 5.41 Å². The van der Waals surface area contributed by atoms with Crippen LogP contribution in [0.3, 0.4) is 0 Å². The maximum atomic E-state index is 5.96. The molecule has 2 rings (SSSR count). The van der Waals surface area contributed by atoms with Gasteiger partial charge < -0.3 is 20.9 Å². The first kappa shape index (κ1) is 27.1. The summed E-state index contributed by atoms with van der Waals surface area (Å²) in [6.45, 7) is 7.06. The second-order valence-corrected chi connectivity index (χ2v) is 11.3. The molecule has 2 aromatic rings. The lowest BCUT2D eigenvalue weighted by Crippen LogP contribution is -2.19. The second-order valence-electron chi connectivity index (χ2n) is 7.85. The molecule has 0 aliphatic heterocycles. The molecule has 0 radical (unpaired) electrons. The van der Waals surface area contributed by atoms with Gasteiger partial charge >= 0.3 is 0 Å². The van der Waals surface area contributed by atoms with Gasteiger partial charge in [0.05, 0.1) is 31.1 Å². The van der Waals surface area contributed by atoms with Crippen molar-refractivity contribution in [2.75, 3.05) is 26.3 Å². The molecule has 8 heteroatoms. The van der Waals surface area contributed by atoms with Crippen molar-refractivity contribution in [3.8, 4) is 11.5 Å². The molecule has 31 heavy (non-hydrogen) atoms. The summed E-state index contributed by atoms with van der Waals surface area (Å²) < 4.78 is 15.6. The van der Waals surface area contributed by atoms with Crippen molar-refractivity contribution >= 4 is 63.7 Å². The summed E-state index contributed by atoms with van der Waals surface area (Å²) in [7, 11) is 0. The number of hydrogen-bond donors (Lipinski definition) is 2. The molecule has 2 aromatic carbocycles. The Bertz CT molecular complexity index is 759. The van der Waals surface area contributed by atoms with E-state index in [0.29, 0.717) is 26.3 Å². The highest BCUT2D eigenvalue weighted by Gasteiger charge is 2.27. The van der Waals surface area contributed by atoms with Gasteiger partial charge in [-0.25, -0.2) is 0 Å². The number of rotatable bonds is 12. The number of nitrogens with two attached hydrogens (primary N) is 2. The highest BCUT2D eigenvalue weighted by Crippen LogP contribution is 2.44.